The van der Waals surface area contributed by atoms with Crippen LogP contribution in [0.25, 0.3) is 10.6 Å². The van der Waals surface area contributed by atoms with Crippen molar-refractivity contribution >= 4 is 17.2 Å². The average molecular weight is 256 g/mol. The molecule has 3 nitrogen and oxygen atoms in total. The molecule has 0 unspecified atom stereocenters. The van der Waals surface area contributed by atoms with Gasteiger partial charge in [-0.2, -0.15) is 0 Å². The molecule has 0 aliphatic carbocycles. The van der Waals surface area contributed by atoms with Crippen LogP contribution in [0, 0.1) is 12.3 Å². The Hall–Kier alpha value is -2.12. The summed E-state index contributed by atoms with van der Waals surface area (Å²) < 4.78 is 0. The number of nitrogens with one attached hydrogen (secondary N) is 1. The number of nitrogens with zero attached hydrogens (tertiary/aromatic N) is 1. The number of terminal acetylenes is 1. The highest BCUT2D eigenvalue weighted by Crippen LogP contribution is 2.23. The minimum absolute atomic E-state index is 0.177. The molecule has 0 fully saturated rings. The summed E-state index contributed by atoms with van der Waals surface area (Å²) in [5.74, 6) is 2.30. The molecule has 1 amide bonds. The highest BCUT2D eigenvalue weighted by Gasteiger charge is 2.10. The molecule has 0 saturated heterocycles. The van der Waals surface area contributed by atoms with Crippen molar-refractivity contribution < 1.29 is 4.79 Å². The highest BCUT2D eigenvalue weighted by molar-refractivity contribution is 7.13. The van der Waals surface area contributed by atoms with Crippen LogP contribution < -0.4 is 5.32 Å². The summed E-state index contributed by atoms with van der Waals surface area (Å²) in [5, 5.41) is 5.33. The third kappa shape index (κ3) is 2.96. The van der Waals surface area contributed by atoms with Gasteiger partial charge in [0.15, 0.2) is 0 Å². The molecular formula is C14H12N2OS. The van der Waals surface area contributed by atoms with Gasteiger partial charge < -0.3 is 5.32 Å². The number of carbonyl (C=O) groups excluding carboxylic acids is 1. The Labute approximate surface area is 110 Å². The third-order valence-electron chi connectivity index (χ3n) is 2.31. The van der Waals surface area contributed by atoms with Gasteiger partial charge in [-0.3, -0.25) is 4.79 Å². The van der Waals surface area contributed by atoms with Gasteiger partial charge in [-0.1, -0.05) is 30.3 Å². The Morgan fingerprint density at radius 2 is 2.17 bits per heavy atom. The molecule has 1 heterocycles. The second kappa shape index (κ2) is 5.99. The number of hydrogen-bond acceptors (Lipinski definition) is 3. The monoisotopic (exact) mass is 256 g/mol. The fourth-order valence-corrected chi connectivity index (χ4v) is 2.24. The topological polar surface area (TPSA) is 42.0 Å². The Kier molecular flexibility index (Phi) is 4.11. The molecule has 0 aliphatic rings. The van der Waals surface area contributed by atoms with Crippen LogP contribution in [0.1, 0.15) is 16.9 Å². The minimum Gasteiger partial charge on any atom is -0.350 e. The molecular weight excluding hydrogens is 244 g/mol. The maximum atomic E-state index is 11.7. The van der Waals surface area contributed by atoms with E-state index >= 15 is 0 Å². The Balaban J connectivity index is 2.07. The van der Waals surface area contributed by atoms with Crippen LogP contribution in [0.15, 0.2) is 35.7 Å². The van der Waals surface area contributed by atoms with Crippen molar-refractivity contribution in [3.63, 3.8) is 0 Å². The first-order valence-corrected chi connectivity index (χ1v) is 6.42. The van der Waals surface area contributed by atoms with Crippen molar-refractivity contribution in [2.24, 2.45) is 0 Å². The predicted molar refractivity (Wildman–Crippen MR) is 73.3 cm³/mol. The van der Waals surface area contributed by atoms with E-state index in [-0.39, 0.29) is 5.91 Å². The zero-order valence-electron chi connectivity index (χ0n) is 9.72. The highest BCUT2D eigenvalue weighted by atomic mass is 32.1. The van der Waals surface area contributed by atoms with Crippen molar-refractivity contribution in [2.75, 3.05) is 6.54 Å². The number of carbonyl (C=O) groups is 1. The van der Waals surface area contributed by atoms with Crippen LogP contribution in [0.3, 0.4) is 0 Å². The lowest BCUT2D eigenvalue weighted by molar-refractivity contribution is 0.0950. The molecule has 2 aromatic rings. The quantitative estimate of drug-likeness (QED) is 0.675. The lowest BCUT2D eigenvalue weighted by Crippen LogP contribution is -2.24. The van der Waals surface area contributed by atoms with Crippen LogP contribution >= 0.6 is 11.3 Å². The fraction of sp³-hybridized carbons (Fsp3) is 0.143. The molecule has 0 spiro atoms. The van der Waals surface area contributed by atoms with Gasteiger partial charge in [-0.25, -0.2) is 4.98 Å². The Morgan fingerprint density at radius 3 is 2.89 bits per heavy atom. The van der Waals surface area contributed by atoms with Crippen molar-refractivity contribution in [3.8, 4) is 22.9 Å². The van der Waals surface area contributed by atoms with E-state index in [9.17, 15) is 4.79 Å². The Morgan fingerprint density at radius 1 is 1.39 bits per heavy atom. The second-order valence-electron chi connectivity index (χ2n) is 3.61. The summed E-state index contributed by atoms with van der Waals surface area (Å²) in [6, 6.07) is 9.79. The van der Waals surface area contributed by atoms with Gasteiger partial charge in [0.1, 0.15) is 10.7 Å². The smallest absolute Gasteiger partial charge is 0.270 e. The van der Waals surface area contributed by atoms with E-state index in [4.69, 9.17) is 6.42 Å². The molecule has 90 valence electrons. The van der Waals surface area contributed by atoms with Crippen LogP contribution in [-0.4, -0.2) is 17.4 Å². The second-order valence-corrected chi connectivity index (χ2v) is 4.47. The van der Waals surface area contributed by atoms with Crippen LogP contribution in [-0.2, 0) is 0 Å². The molecule has 0 radical (unpaired) electrons. The summed E-state index contributed by atoms with van der Waals surface area (Å²) in [6.07, 6.45) is 5.65. The summed E-state index contributed by atoms with van der Waals surface area (Å²) >= 11 is 1.46. The number of rotatable bonds is 4. The zero-order chi connectivity index (χ0) is 12.8. The number of aromatic nitrogens is 1. The van der Waals surface area contributed by atoms with E-state index in [1.54, 1.807) is 5.38 Å². The van der Waals surface area contributed by atoms with E-state index in [2.05, 4.69) is 16.2 Å². The molecule has 1 aromatic heterocycles. The maximum Gasteiger partial charge on any atom is 0.270 e. The zero-order valence-corrected chi connectivity index (χ0v) is 10.5. The van der Waals surface area contributed by atoms with Crippen molar-refractivity contribution in [3.05, 3.63) is 41.4 Å². The van der Waals surface area contributed by atoms with Gasteiger partial charge in [-0.05, 0) is 0 Å². The first-order chi connectivity index (χ1) is 8.81. The van der Waals surface area contributed by atoms with Gasteiger partial charge in [0, 0.05) is 23.9 Å². The average Bonchev–Trinajstić information content (AvgIpc) is 2.89. The number of thiazole rings is 1. The molecule has 2 rings (SSSR count). The minimum atomic E-state index is -0.177. The predicted octanol–water partition coefficient (Wildman–Crippen LogP) is 2.56. The number of amides is 1. The largest absolute Gasteiger partial charge is 0.350 e. The summed E-state index contributed by atoms with van der Waals surface area (Å²) in [5.41, 5.74) is 1.46. The maximum absolute atomic E-state index is 11.7. The number of hydrogen-bond donors (Lipinski definition) is 1. The molecule has 0 aliphatic heterocycles. The lowest BCUT2D eigenvalue weighted by Gasteiger charge is -1.98. The lowest BCUT2D eigenvalue weighted by atomic mass is 10.2. The van der Waals surface area contributed by atoms with E-state index in [0.29, 0.717) is 18.7 Å². The molecule has 1 aromatic carbocycles. The molecule has 1 N–H and O–H groups in total. The van der Waals surface area contributed by atoms with Crippen molar-refractivity contribution in [1.29, 1.82) is 0 Å². The fourth-order valence-electron chi connectivity index (χ4n) is 1.43. The molecule has 0 saturated carbocycles. The molecule has 4 heteroatoms. The van der Waals surface area contributed by atoms with Crippen molar-refractivity contribution in [2.45, 2.75) is 6.42 Å². The van der Waals surface area contributed by atoms with E-state index < -0.39 is 0 Å². The van der Waals surface area contributed by atoms with Gasteiger partial charge in [-0.15, -0.1) is 23.7 Å². The molecule has 18 heavy (non-hydrogen) atoms. The van der Waals surface area contributed by atoms with Crippen LogP contribution in [0.2, 0.25) is 0 Å². The summed E-state index contributed by atoms with van der Waals surface area (Å²) in [4.78, 5) is 16.0. The van der Waals surface area contributed by atoms with Crippen molar-refractivity contribution in [1.82, 2.24) is 10.3 Å². The standard InChI is InChI=1S/C14H12N2OS/c1-2-3-9-15-13(17)12-10-18-14(16-12)11-7-5-4-6-8-11/h1,4-8,10H,3,9H2,(H,15,17). The first-order valence-electron chi connectivity index (χ1n) is 5.54. The first kappa shape index (κ1) is 12.3. The van der Waals surface area contributed by atoms with Gasteiger partial charge in [0.2, 0.25) is 0 Å². The third-order valence-corrected chi connectivity index (χ3v) is 3.20. The number of benzene rings is 1. The van der Waals surface area contributed by atoms with E-state index in [1.165, 1.54) is 11.3 Å². The van der Waals surface area contributed by atoms with Crippen LogP contribution in [0.5, 0.6) is 0 Å². The van der Waals surface area contributed by atoms with Gasteiger partial charge in [0.25, 0.3) is 5.91 Å². The van der Waals surface area contributed by atoms with Gasteiger partial charge in [0.05, 0.1) is 0 Å². The normalized spacial score (nSPS) is 9.72. The van der Waals surface area contributed by atoms with Gasteiger partial charge >= 0.3 is 0 Å². The van der Waals surface area contributed by atoms with E-state index in [1.807, 2.05) is 30.3 Å². The summed E-state index contributed by atoms with van der Waals surface area (Å²) in [6.45, 7) is 0.480. The van der Waals surface area contributed by atoms with E-state index in [0.717, 1.165) is 10.6 Å². The molecule has 0 atom stereocenters. The summed E-state index contributed by atoms with van der Waals surface area (Å²) in [7, 11) is 0. The molecule has 0 bridgehead atoms. The Bertz CT molecular complexity index is 569. The van der Waals surface area contributed by atoms with Crippen LogP contribution in [0.4, 0.5) is 0 Å². The SMILES string of the molecule is C#CCCNC(=O)c1csc(-c2ccccc2)n1.